The number of rotatable bonds is 7. The van der Waals surface area contributed by atoms with Gasteiger partial charge in [0.05, 0.1) is 6.07 Å². The largest absolute Gasteiger partial charge is 0.325 e. The van der Waals surface area contributed by atoms with E-state index in [1.54, 1.807) is 4.90 Å². The average Bonchev–Trinajstić information content (AvgIpc) is 2.73. The van der Waals surface area contributed by atoms with Gasteiger partial charge in [0, 0.05) is 18.9 Å². The van der Waals surface area contributed by atoms with E-state index in [2.05, 4.69) is 30.3 Å². The van der Waals surface area contributed by atoms with E-state index in [4.69, 9.17) is 0 Å². The summed E-state index contributed by atoms with van der Waals surface area (Å²) in [5, 5.41) is 9.19. The van der Waals surface area contributed by atoms with E-state index in [1.807, 2.05) is 66.7 Å². The summed E-state index contributed by atoms with van der Waals surface area (Å²) in [6.45, 7) is 0.535. The minimum atomic E-state index is -0.0307. The average molecular weight is 354 g/mol. The van der Waals surface area contributed by atoms with Gasteiger partial charge in [0.15, 0.2) is 0 Å². The zero-order chi connectivity index (χ0) is 18.9. The summed E-state index contributed by atoms with van der Waals surface area (Å²) in [4.78, 5) is 14.7. The summed E-state index contributed by atoms with van der Waals surface area (Å²) in [5.74, 6) is -0.0463. The van der Waals surface area contributed by atoms with E-state index in [1.165, 1.54) is 0 Å². The van der Waals surface area contributed by atoms with Crippen molar-refractivity contribution in [2.24, 2.45) is 0 Å². The normalized spacial score (nSPS) is 10.4. The summed E-state index contributed by atoms with van der Waals surface area (Å²) in [7, 11) is 0. The van der Waals surface area contributed by atoms with Gasteiger partial charge in [-0.1, -0.05) is 91.0 Å². The molecule has 0 saturated heterocycles. The van der Waals surface area contributed by atoms with Crippen molar-refractivity contribution in [1.29, 1.82) is 5.26 Å². The third-order valence-electron chi connectivity index (χ3n) is 4.61. The molecule has 0 aliphatic rings. The predicted octanol–water partition coefficient (Wildman–Crippen LogP) is 4.76. The third-order valence-corrected chi connectivity index (χ3v) is 4.61. The first-order chi connectivity index (χ1) is 13.3. The second-order valence-electron chi connectivity index (χ2n) is 6.47. The number of amides is 1. The van der Waals surface area contributed by atoms with Gasteiger partial charge < -0.3 is 4.90 Å². The van der Waals surface area contributed by atoms with Crippen LogP contribution in [0.2, 0.25) is 0 Å². The second kappa shape index (κ2) is 9.35. The maximum atomic E-state index is 13.1. The minimum Gasteiger partial charge on any atom is -0.325 e. The molecule has 1 amide bonds. The van der Waals surface area contributed by atoms with E-state index in [-0.39, 0.29) is 18.4 Å². The molecule has 0 heterocycles. The van der Waals surface area contributed by atoms with Crippen molar-refractivity contribution in [3.8, 4) is 6.07 Å². The lowest BCUT2D eigenvalue weighted by Gasteiger charge is -2.24. The second-order valence-corrected chi connectivity index (χ2v) is 6.47. The molecule has 3 rings (SSSR count). The van der Waals surface area contributed by atoms with Gasteiger partial charge in [-0.05, 0) is 16.7 Å². The fourth-order valence-electron chi connectivity index (χ4n) is 3.22. The maximum Gasteiger partial charge on any atom is 0.224 e. The molecule has 0 aliphatic heterocycles. The molecule has 3 aromatic carbocycles. The fraction of sp³-hybridized carbons (Fsp3) is 0.167. The van der Waals surface area contributed by atoms with Crippen molar-refractivity contribution >= 4 is 5.91 Å². The van der Waals surface area contributed by atoms with Gasteiger partial charge in [0.1, 0.15) is 6.54 Å². The van der Waals surface area contributed by atoms with Crippen LogP contribution in [0.5, 0.6) is 0 Å². The SMILES string of the molecule is N#CCN(Cc1ccccc1)C(=O)CC(c1ccccc1)c1ccccc1. The molecule has 0 fully saturated rings. The Kier molecular flexibility index (Phi) is 6.38. The van der Waals surface area contributed by atoms with E-state index >= 15 is 0 Å². The number of carbonyl (C=O) groups is 1. The fourth-order valence-corrected chi connectivity index (χ4v) is 3.22. The van der Waals surface area contributed by atoms with Gasteiger partial charge in [-0.25, -0.2) is 0 Å². The molecule has 0 radical (unpaired) electrons. The summed E-state index contributed by atoms with van der Waals surface area (Å²) >= 11 is 0. The summed E-state index contributed by atoms with van der Waals surface area (Å²) in [6, 6.07) is 32.0. The quantitative estimate of drug-likeness (QED) is 0.574. The van der Waals surface area contributed by atoms with Gasteiger partial charge in [-0.2, -0.15) is 5.26 Å². The zero-order valence-electron chi connectivity index (χ0n) is 15.2. The molecule has 27 heavy (non-hydrogen) atoms. The number of carbonyl (C=O) groups excluding carboxylic acids is 1. The van der Waals surface area contributed by atoms with Crippen molar-refractivity contribution < 1.29 is 4.79 Å². The Bertz CT molecular complexity index is 846. The molecule has 0 aliphatic carbocycles. The molecule has 0 unspecified atom stereocenters. The van der Waals surface area contributed by atoms with E-state index in [9.17, 15) is 10.1 Å². The molecule has 0 saturated carbocycles. The van der Waals surface area contributed by atoms with Crippen LogP contribution >= 0.6 is 0 Å². The van der Waals surface area contributed by atoms with Crippen LogP contribution in [0.1, 0.15) is 29.0 Å². The number of benzene rings is 3. The Labute approximate surface area is 160 Å². The van der Waals surface area contributed by atoms with Crippen molar-refractivity contribution in [3.05, 3.63) is 108 Å². The summed E-state index contributed by atoms with van der Waals surface area (Å²) < 4.78 is 0. The highest BCUT2D eigenvalue weighted by Crippen LogP contribution is 2.28. The van der Waals surface area contributed by atoms with Crippen LogP contribution in [0, 0.1) is 11.3 Å². The van der Waals surface area contributed by atoms with Crippen LogP contribution in [0.15, 0.2) is 91.0 Å². The Morgan fingerprint density at radius 1 is 0.815 bits per heavy atom. The van der Waals surface area contributed by atoms with E-state index < -0.39 is 0 Å². The molecular weight excluding hydrogens is 332 g/mol. The van der Waals surface area contributed by atoms with Crippen molar-refractivity contribution in [3.63, 3.8) is 0 Å². The van der Waals surface area contributed by atoms with Crippen molar-refractivity contribution in [2.45, 2.75) is 18.9 Å². The van der Waals surface area contributed by atoms with Crippen molar-refractivity contribution in [2.75, 3.05) is 6.54 Å². The van der Waals surface area contributed by atoms with Gasteiger partial charge in [0.25, 0.3) is 0 Å². The highest BCUT2D eigenvalue weighted by atomic mass is 16.2. The van der Waals surface area contributed by atoms with E-state index in [0.29, 0.717) is 13.0 Å². The summed E-state index contributed by atoms with van der Waals surface area (Å²) in [6.07, 6.45) is 0.336. The number of hydrogen-bond acceptors (Lipinski definition) is 2. The summed E-state index contributed by atoms with van der Waals surface area (Å²) in [5.41, 5.74) is 3.24. The molecule has 0 N–H and O–H groups in total. The third kappa shape index (κ3) is 5.05. The minimum absolute atomic E-state index is 0.0156. The predicted molar refractivity (Wildman–Crippen MR) is 107 cm³/mol. The van der Waals surface area contributed by atoms with Crippen LogP contribution in [0.4, 0.5) is 0 Å². The Morgan fingerprint density at radius 3 is 1.78 bits per heavy atom. The first kappa shape index (κ1) is 18.4. The van der Waals surface area contributed by atoms with Crippen LogP contribution in [-0.2, 0) is 11.3 Å². The molecule has 134 valence electrons. The maximum absolute atomic E-state index is 13.1. The van der Waals surface area contributed by atoms with Crippen LogP contribution in [0.25, 0.3) is 0 Å². The first-order valence-corrected chi connectivity index (χ1v) is 9.06. The van der Waals surface area contributed by atoms with Gasteiger partial charge in [-0.3, -0.25) is 4.79 Å². The highest BCUT2D eigenvalue weighted by Gasteiger charge is 2.22. The Balaban J connectivity index is 1.83. The highest BCUT2D eigenvalue weighted by molar-refractivity contribution is 5.78. The van der Waals surface area contributed by atoms with Crippen LogP contribution in [-0.4, -0.2) is 17.4 Å². The monoisotopic (exact) mass is 354 g/mol. The molecular formula is C24H22N2O. The molecule has 3 heteroatoms. The van der Waals surface area contributed by atoms with Crippen LogP contribution < -0.4 is 0 Å². The Hall–Kier alpha value is -3.38. The smallest absolute Gasteiger partial charge is 0.224 e. The Morgan fingerprint density at radius 2 is 1.30 bits per heavy atom. The van der Waals surface area contributed by atoms with Gasteiger partial charge in [-0.15, -0.1) is 0 Å². The molecule has 0 aromatic heterocycles. The first-order valence-electron chi connectivity index (χ1n) is 9.06. The van der Waals surface area contributed by atoms with Gasteiger partial charge >= 0.3 is 0 Å². The van der Waals surface area contributed by atoms with E-state index in [0.717, 1.165) is 16.7 Å². The number of nitriles is 1. The topological polar surface area (TPSA) is 44.1 Å². The molecule has 0 spiro atoms. The zero-order valence-corrected chi connectivity index (χ0v) is 15.2. The molecule has 0 atom stereocenters. The van der Waals surface area contributed by atoms with Crippen molar-refractivity contribution in [1.82, 2.24) is 4.90 Å². The lowest BCUT2D eigenvalue weighted by molar-refractivity contribution is -0.131. The number of hydrogen-bond donors (Lipinski definition) is 0. The lowest BCUT2D eigenvalue weighted by atomic mass is 9.88. The van der Waals surface area contributed by atoms with Crippen LogP contribution in [0.3, 0.4) is 0 Å². The van der Waals surface area contributed by atoms with Gasteiger partial charge in [0.2, 0.25) is 5.91 Å². The molecule has 0 bridgehead atoms. The lowest BCUT2D eigenvalue weighted by Crippen LogP contribution is -2.32. The standard InChI is InChI=1S/C24H22N2O/c25-16-17-26(19-20-10-4-1-5-11-20)24(27)18-23(21-12-6-2-7-13-21)22-14-8-3-9-15-22/h1-15,23H,17-19H2. The molecule has 3 nitrogen and oxygen atoms in total. The molecule has 3 aromatic rings. The number of nitrogens with zero attached hydrogens (tertiary/aromatic N) is 2.